The van der Waals surface area contributed by atoms with E-state index in [0.717, 1.165) is 9.87 Å². The number of carbonyl (C=O) groups is 2. The van der Waals surface area contributed by atoms with Crippen molar-refractivity contribution in [2.24, 2.45) is 0 Å². The van der Waals surface area contributed by atoms with E-state index >= 15 is 0 Å². The van der Waals surface area contributed by atoms with Crippen molar-refractivity contribution in [3.63, 3.8) is 0 Å². The number of rotatable bonds is 8. The SMILES string of the molecule is CN(C)S(=O)(=O)c1ccc(NC(=O)COC(=O)/C(=C/c2ccccc2)c2ccc(Cl)cc2)cc1. The highest BCUT2D eigenvalue weighted by Gasteiger charge is 2.18. The number of carbonyl (C=O) groups excluding carboxylic acids is 2. The Kier molecular flexibility index (Phi) is 8.22. The lowest BCUT2D eigenvalue weighted by atomic mass is 10.0. The summed E-state index contributed by atoms with van der Waals surface area (Å²) < 4.78 is 30.6. The van der Waals surface area contributed by atoms with Gasteiger partial charge in [-0.2, -0.15) is 0 Å². The smallest absolute Gasteiger partial charge is 0.339 e. The number of nitrogens with one attached hydrogen (secondary N) is 1. The van der Waals surface area contributed by atoms with Crippen LogP contribution in [-0.4, -0.2) is 45.3 Å². The van der Waals surface area contributed by atoms with Gasteiger partial charge in [0.15, 0.2) is 6.61 Å². The molecule has 7 nitrogen and oxygen atoms in total. The lowest BCUT2D eigenvalue weighted by Gasteiger charge is -2.12. The Balaban J connectivity index is 1.69. The van der Waals surface area contributed by atoms with Crippen LogP contribution < -0.4 is 5.32 Å². The highest BCUT2D eigenvalue weighted by Crippen LogP contribution is 2.22. The van der Waals surface area contributed by atoms with Crippen LogP contribution in [-0.2, 0) is 24.3 Å². The standard InChI is InChI=1S/C25H23ClN2O5S/c1-28(2)34(31,32)22-14-12-21(13-15-22)27-24(29)17-33-25(30)23(16-18-6-4-3-5-7-18)19-8-10-20(26)11-9-19/h3-16H,17H2,1-2H3,(H,27,29)/b23-16+. The second-order valence-electron chi connectivity index (χ2n) is 7.41. The molecule has 0 atom stereocenters. The van der Waals surface area contributed by atoms with Crippen LogP contribution >= 0.6 is 11.6 Å². The minimum Gasteiger partial charge on any atom is -0.452 e. The topological polar surface area (TPSA) is 92.8 Å². The number of ether oxygens (including phenoxy) is 1. The maximum Gasteiger partial charge on any atom is 0.339 e. The summed E-state index contributed by atoms with van der Waals surface area (Å²) in [6, 6.07) is 21.7. The van der Waals surface area contributed by atoms with E-state index in [1.807, 2.05) is 30.3 Å². The zero-order valence-electron chi connectivity index (χ0n) is 18.6. The van der Waals surface area contributed by atoms with Crippen molar-refractivity contribution in [3.05, 3.63) is 95.0 Å². The van der Waals surface area contributed by atoms with Crippen LogP contribution in [0.1, 0.15) is 11.1 Å². The summed E-state index contributed by atoms with van der Waals surface area (Å²) in [6.45, 7) is -0.518. The average molecular weight is 499 g/mol. The molecule has 1 N–H and O–H groups in total. The van der Waals surface area contributed by atoms with E-state index in [4.69, 9.17) is 16.3 Å². The van der Waals surface area contributed by atoms with E-state index in [-0.39, 0.29) is 10.5 Å². The molecule has 34 heavy (non-hydrogen) atoms. The molecule has 0 heterocycles. The van der Waals surface area contributed by atoms with E-state index in [1.54, 1.807) is 30.3 Å². The second kappa shape index (κ2) is 11.1. The van der Waals surface area contributed by atoms with Crippen molar-refractivity contribution >= 4 is 50.8 Å². The first kappa shape index (κ1) is 25.2. The van der Waals surface area contributed by atoms with Gasteiger partial charge in [-0.3, -0.25) is 4.79 Å². The van der Waals surface area contributed by atoms with Crippen LogP contribution in [0.3, 0.4) is 0 Å². The van der Waals surface area contributed by atoms with Gasteiger partial charge in [0.05, 0.1) is 10.5 Å². The van der Waals surface area contributed by atoms with Gasteiger partial charge in [0.1, 0.15) is 0 Å². The third kappa shape index (κ3) is 6.54. The van der Waals surface area contributed by atoms with Crippen molar-refractivity contribution in [1.82, 2.24) is 4.31 Å². The Hall–Kier alpha value is -3.46. The summed E-state index contributed by atoms with van der Waals surface area (Å²) in [7, 11) is -0.702. The van der Waals surface area contributed by atoms with Crippen LogP contribution in [0.25, 0.3) is 11.6 Å². The minimum absolute atomic E-state index is 0.0978. The molecule has 1 amide bonds. The molecule has 3 rings (SSSR count). The molecular weight excluding hydrogens is 476 g/mol. The van der Waals surface area contributed by atoms with Gasteiger partial charge in [0.2, 0.25) is 10.0 Å². The molecule has 0 saturated heterocycles. The number of esters is 1. The Bertz CT molecular complexity index is 1290. The third-order valence-electron chi connectivity index (χ3n) is 4.74. The van der Waals surface area contributed by atoms with Gasteiger partial charge in [-0.1, -0.05) is 54.1 Å². The minimum atomic E-state index is -3.57. The summed E-state index contributed by atoms with van der Waals surface area (Å²) in [5.41, 5.74) is 2.03. The van der Waals surface area contributed by atoms with Crippen molar-refractivity contribution < 1.29 is 22.7 Å². The lowest BCUT2D eigenvalue weighted by molar-refractivity contribution is -0.141. The molecule has 176 valence electrons. The Morgan fingerprint density at radius 1 is 0.941 bits per heavy atom. The fourth-order valence-electron chi connectivity index (χ4n) is 2.93. The van der Waals surface area contributed by atoms with E-state index in [1.165, 1.54) is 38.4 Å². The molecule has 0 bridgehead atoms. The molecule has 9 heteroatoms. The first-order valence-corrected chi connectivity index (χ1v) is 12.0. The number of nitrogens with zero attached hydrogens (tertiary/aromatic N) is 1. The molecule has 0 radical (unpaired) electrons. The van der Waals surface area contributed by atoms with E-state index in [0.29, 0.717) is 16.3 Å². The Labute approximate surface area is 203 Å². The van der Waals surface area contributed by atoms with Gasteiger partial charge in [0.25, 0.3) is 5.91 Å². The van der Waals surface area contributed by atoms with Crippen LogP contribution in [0.4, 0.5) is 5.69 Å². The predicted molar refractivity (Wildman–Crippen MR) is 133 cm³/mol. The highest BCUT2D eigenvalue weighted by atomic mass is 35.5. The zero-order valence-corrected chi connectivity index (χ0v) is 20.1. The average Bonchev–Trinajstić information content (AvgIpc) is 2.82. The molecule has 0 aliphatic carbocycles. The van der Waals surface area contributed by atoms with Gasteiger partial charge in [-0.25, -0.2) is 17.5 Å². The number of halogens is 1. The summed E-state index contributed by atoms with van der Waals surface area (Å²) in [6.07, 6.45) is 1.67. The van der Waals surface area contributed by atoms with Crippen LogP contribution in [0.15, 0.2) is 83.8 Å². The van der Waals surface area contributed by atoms with Gasteiger partial charge in [-0.05, 0) is 53.6 Å². The molecule has 0 aliphatic rings. The number of amides is 1. The lowest BCUT2D eigenvalue weighted by Crippen LogP contribution is -2.23. The summed E-state index contributed by atoms with van der Waals surface area (Å²) in [4.78, 5) is 25.2. The Morgan fingerprint density at radius 2 is 1.56 bits per heavy atom. The first-order valence-electron chi connectivity index (χ1n) is 10.2. The van der Waals surface area contributed by atoms with Crippen LogP contribution in [0, 0.1) is 0 Å². The van der Waals surface area contributed by atoms with Crippen molar-refractivity contribution in [2.75, 3.05) is 26.0 Å². The maximum absolute atomic E-state index is 12.8. The van der Waals surface area contributed by atoms with Gasteiger partial charge in [0, 0.05) is 24.8 Å². The van der Waals surface area contributed by atoms with Crippen molar-refractivity contribution in [2.45, 2.75) is 4.90 Å². The summed E-state index contributed by atoms with van der Waals surface area (Å²) in [5, 5.41) is 3.11. The second-order valence-corrected chi connectivity index (χ2v) is 10.00. The largest absolute Gasteiger partial charge is 0.452 e. The maximum atomic E-state index is 12.8. The molecule has 0 aromatic heterocycles. The van der Waals surface area contributed by atoms with Crippen LogP contribution in [0.2, 0.25) is 5.02 Å². The normalized spacial score (nSPS) is 11.8. The van der Waals surface area contributed by atoms with Gasteiger partial charge >= 0.3 is 5.97 Å². The fraction of sp³-hybridized carbons (Fsp3) is 0.120. The molecule has 0 spiro atoms. The van der Waals surface area contributed by atoms with E-state index in [9.17, 15) is 18.0 Å². The Morgan fingerprint density at radius 3 is 2.15 bits per heavy atom. The van der Waals surface area contributed by atoms with Crippen LogP contribution in [0.5, 0.6) is 0 Å². The molecule has 0 fully saturated rings. The van der Waals surface area contributed by atoms with Gasteiger partial charge < -0.3 is 10.1 Å². The molecule has 3 aromatic carbocycles. The van der Waals surface area contributed by atoms with Gasteiger partial charge in [-0.15, -0.1) is 0 Å². The molecular formula is C25H23ClN2O5S. The summed E-state index contributed by atoms with van der Waals surface area (Å²) in [5.74, 6) is -1.24. The first-order chi connectivity index (χ1) is 16.2. The molecule has 0 saturated carbocycles. The quantitative estimate of drug-likeness (QED) is 0.284. The number of benzene rings is 3. The molecule has 3 aromatic rings. The monoisotopic (exact) mass is 498 g/mol. The highest BCUT2D eigenvalue weighted by molar-refractivity contribution is 7.89. The molecule has 0 aliphatic heterocycles. The number of anilines is 1. The van der Waals surface area contributed by atoms with Crippen molar-refractivity contribution in [3.8, 4) is 0 Å². The number of hydrogen-bond acceptors (Lipinski definition) is 5. The predicted octanol–water partition coefficient (Wildman–Crippen LogP) is 4.31. The molecule has 0 unspecified atom stereocenters. The number of hydrogen-bond donors (Lipinski definition) is 1. The zero-order chi connectivity index (χ0) is 24.7. The third-order valence-corrected chi connectivity index (χ3v) is 6.82. The van der Waals surface area contributed by atoms with E-state index in [2.05, 4.69) is 5.32 Å². The van der Waals surface area contributed by atoms with E-state index < -0.39 is 28.5 Å². The fourth-order valence-corrected chi connectivity index (χ4v) is 3.96. The summed E-state index contributed by atoms with van der Waals surface area (Å²) >= 11 is 5.96. The van der Waals surface area contributed by atoms with Crippen molar-refractivity contribution in [1.29, 1.82) is 0 Å². The number of sulfonamides is 1.